The minimum absolute atomic E-state index is 0.00997. The first-order valence-electron chi connectivity index (χ1n) is 10.3. The van der Waals surface area contributed by atoms with Gasteiger partial charge >= 0.3 is 6.43 Å². The summed E-state index contributed by atoms with van der Waals surface area (Å²) in [7, 11) is 0. The first-order chi connectivity index (χ1) is 15.5. The first kappa shape index (κ1) is 20.4. The maximum absolute atomic E-state index is 12.6. The summed E-state index contributed by atoms with van der Waals surface area (Å²) in [5.74, 6) is -0.695. The van der Waals surface area contributed by atoms with Gasteiger partial charge in [0.25, 0.3) is 5.89 Å². The Hall–Kier alpha value is -3.53. The molecule has 0 N–H and O–H groups in total. The molecule has 0 radical (unpaired) electrons. The molecule has 0 bridgehead atoms. The van der Waals surface area contributed by atoms with Crippen molar-refractivity contribution < 1.29 is 13.2 Å². The fourth-order valence-corrected chi connectivity index (χ4v) is 3.80. The van der Waals surface area contributed by atoms with Gasteiger partial charge in [0.1, 0.15) is 5.69 Å². The Morgan fingerprint density at radius 1 is 1.06 bits per heavy atom. The number of halogens is 2. The second-order valence-corrected chi connectivity index (χ2v) is 8.03. The van der Waals surface area contributed by atoms with Gasteiger partial charge in [0.05, 0.1) is 24.0 Å². The molecule has 4 aromatic rings. The van der Waals surface area contributed by atoms with E-state index in [2.05, 4.69) is 62.4 Å². The van der Waals surface area contributed by atoms with Gasteiger partial charge in [-0.1, -0.05) is 23.4 Å². The average molecular weight is 437 g/mol. The normalized spacial score (nSPS) is 13.9. The minimum atomic E-state index is -2.80. The van der Waals surface area contributed by atoms with E-state index < -0.39 is 12.3 Å². The summed E-state index contributed by atoms with van der Waals surface area (Å²) in [5, 5.41) is 15.6. The van der Waals surface area contributed by atoms with Crippen LogP contribution in [0.5, 0.6) is 0 Å². The van der Waals surface area contributed by atoms with Crippen LogP contribution in [0.15, 0.2) is 47.1 Å². The van der Waals surface area contributed by atoms with Crippen molar-refractivity contribution in [1.82, 2.24) is 35.1 Å². The summed E-state index contributed by atoms with van der Waals surface area (Å²) >= 11 is 0. The third kappa shape index (κ3) is 3.89. The average Bonchev–Trinajstić information content (AvgIpc) is 3.53. The number of rotatable bonds is 6. The SMILES string of the molecule is CC(C)N1Cc2cccc(-c3cn(Cc4ccc(-c5nnc(C(F)F)o5)cn4)nn3)c2C1. The number of nitrogens with zero attached hydrogens (tertiary/aromatic N) is 7. The summed E-state index contributed by atoms with van der Waals surface area (Å²) < 4.78 is 31.9. The van der Waals surface area contributed by atoms with E-state index in [4.69, 9.17) is 4.42 Å². The van der Waals surface area contributed by atoms with Crippen molar-refractivity contribution in [3.8, 4) is 22.7 Å². The van der Waals surface area contributed by atoms with Gasteiger partial charge in [0, 0.05) is 30.9 Å². The van der Waals surface area contributed by atoms with Gasteiger partial charge in [0.15, 0.2) is 0 Å². The second kappa shape index (κ2) is 8.19. The van der Waals surface area contributed by atoms with E-state index in [0.717, 1.165) is 30.0 Å². The summed E-state index contributed by atoms with van der Waals surface area (Å²) in [5.41, 5.74) is 5.78. The Balaban J connectivity index is 1.32. The maximum Gasteiger partial charge on any atom is 0.314 e. The van der Waals surface area contributed by atoms with Crippen LogP contribution in [0.1, 0.15) is 43.0 Å². The van der Waals surface area contributed by atoms with Crippen LogP contribution in [0.25, 0.3) is 22.7 Å². The molecule has 8 nitrogen and oxygen atoms in total. The largest absolute Gasteiger partial charge is 0.415 e. The molecule has 5 rings (SSSR count). The van der Waals surface area contributed by atoms with Crippen molar-refractivity contribution in [2.24, 2.45) is 0 Å². The van der Waals surface area contributed by atoms with Gasteiger partial charge in [-0.2, -0.15) is 8.78 Å². The Bertz CT molecular complexity index is 1230. The highest BCUT2D eigenvalue weighted by Crippen LogP contribution is 2.32. The fourth-order valence-electron chi connectivity index (χ4n) is 3.80. The van der Waals surface area contributed by atoms with Gasteiger partial charge in [-0.25, -0.2) is 4.68 Å². The molecular formula is C22H21F2N7O. The maximum atomic E-state index is 12.6. The molecule has 1 aromatic carbocycles. The number of aromatic nitrogens is 6. The summed E-state index contributed by atoms with van der Waals surface area (Å²) in [4.78, 5) is 6.79. The summed E-state index contributed by atoms with van der Waals surface area (Å²) in [6.45, 7) is 6.69. The molecular weight excluding hydrogens is 416 g/mol. The van der Waals surface area contributed by atoms with Gasteiger partial charge in [0.2, 0.25) is 5.89 Å². The number of hydrogen-bond donors (Lipinski definition) is 0. The lowest BCUT2D eigenvalue weighted by Gasteiger charge is -2.19. The third-order valence-corrected chi connectivity index (χ3v) is 5.58. The van der Waals surface area contributed by atoms with E-state index in [-0.39, 0.29) is 5.89 Å². The van der Waals surface area contributed by atoms with Gasteiger partial charge < -0.3 is 4.42 Å². The zero-order chi connectivity index (χ0) is 22.2. The number of hydrogen-bond acceptors (Lipinski definition) is 7. The van der Waals surface area contributed by atoms with Crippen molar-refractivity contribution in [1.29, 1.82) is 0 Å². The molecule has 0 saturated heterocycles. The number of fused-ring (bicyclic) bond motifs is 1. The molecule has 0 unspecified atom stereocenters. The molecule has 0 amide bonds. The molecule has 3 aromatic heterocycles. The number of alkyl halides is 2. The highest BCUT2D eigenvalue weighted by atomic mass is 19.3. The standard InChI is InChI=1S/C22H21F2N7O/c1-13(2)30-9-15-4-3-5-17(18(15)11-30)19-12-31(29-26-19)10-16-7-6-14(8-25-16)21-27-28-22(32-21)20(23)24/h3-8,12-13,20H,9-11H2,1-2H3. The molecule has 0 spiro atoms. The summed E-state index contributed by atoms with van der Waals surface area (Å²) in [6, 6.07) is 10.3. The first-order valence-corrected chi connectivity index (χ1v) is 10.3. The fraction of sp³-hybridized carbons (Fsp3) is 0.318. The monoisotopic (exact) mass is 437 g/mol. The lowest BCUT2D eigenvalue weighted by molar-refractivity contribution is 0.116. The zero-order valence-corrected chi connectivity index (χ0v) is 17.6. The lowest BCUT2D eigenvalue weighted by Crippen LogP contribution is -2.24. The zero-order valence-electron chi connectivity index (χ0n) is 17.6. The van der Waals surface area contributed by atoms with Crippen LogP contribution in [0.2, 0.25) is 0 Å². The molecule has 4 heterocycles. The van der Waals surface area contributed by atoms with Gasteiger partial charge in [-0.3, -0.25) is 9.88 Å². The molecule has 1 aliphatic heterocycles. The van der Waals surface area contributed by atoms with E-state index in [1.807, 2.05) is 6.20 Å². The van der Waals surface area contributed by atoms with E-state index >= 15 is 0 Å². The second-order valence-electron chi connectivity index (χ2n) is 8.03. The third-order valence-electron chi connectivity index (χ3n) is 5.58. The van der Waals surface area contributed by atoms with E-state index in [9.17, 15) is 8.78 Å². The predicted octanol–water partition coefficient (Wildman–Crippen LogP) is 4.10. The van der Waals surface area contributed by atoms with E-state index in [1.165, 1.54) is 17.3 Å². The Morgan fingerprint density at radius 3 is 2.66 bits per heavy atom. The summed E-state index contributed by atoms with van der Waals surface area (Å²) in [6.07, 6.45) is 0.626. The van der Waals surface area contributed by atoms with Crippen LogP contribution in [-0.4, -0.2) is 41.1 Å². The van der Waals surface area contributed by atoms with Gasteiger partial charge in [-0.05, 0) is 37.1 Å². The van der Waals surface area contributed by atoms with Crippen LogP contribution in [0.3, 0.4) is 0 Å². The molecule has 32 heavy (non-hydrogen) atoms. The predicted molar refractivity (Wildman–Crippen MR) is 111 cm³/mol. The smallest absolute Gasteiger partial charge is 0.314 e. The molecule has 0 saturated carbocycles. The van der Waals surface area contributed by atoms with Crippen molar-refractivity contribution in [2.45, 2.75) is 45.9 Å². The quantitative estimate of drug-likeness (QED) is 0.449. The van der Waals surface area contributed by atoms with Crippen LogP contribution in [-0.2, 0) is 19.6 Å². The molecule has 0 aliphatic carbocycles. The highest BCUT2D eigenvalue weighted by molar-refractivity contribution is 5.65. The molecule has 0 atom stereocenters. The van der Waals surface area contributed by atoms with Crippen LogP contribution in [0.4, 0.5) is 8.78 Å². The van der Waals surface area contributed by atoms with Crippen LogP contribution >= 0.6 is 0 Å². The van der Waals surface area contributed by atoms with Crippen LogP contribution in [0, 0.1) is 0 Å². The van der Waals surface area contributed by atoms with E-state index in [0.29, 0.717) is 18.2 Å². The van der Waals surface area contributed by atoms with Crippen molar-refractivity contribution in [2.75, 3.05) is 0 Å². The van der Waals surface area contributed by atoms with Gasteiger partial charge in [-0.15, -0.1) is 15.3 Å². The number of benzene rings is 1. The van der Waals surface area contributed by atoms with Crippen LogP contribution < -0.4 is 0 Å². The molecule has 10 heteroatoms. The Labute approximate surface area is 182 Å². The topological polar surface area (TPSA) is 85.8 Å². The van der Waals surface area contributed by atoms with Crippen molar-refractivity contribution in [3.05, 3.63) is 65.4 Å². The molecule has 0 fully saturated rings. The molecule has 1 aliphatic rings. The highest BCUT2D eigenvalue weighted by Gasteiger charge is 2.24. The minimum Gasteiger partial charge on any atom is -0.415 e. The number of pyridine rings is 1. The lowest BCUT2D eigenvalue weighted by atomic mass is 10.0. The molecule has 164 valence electrons. The Morgan fingerprint density at radius 2 is 1.94 bits per heavy atom. The van der Waals surface area contributed by atoms with Crippen molar-refractivity contribution >= 4 is 0 Å². The van der Waals surface area contributed by atoms with E-state index in [1.54, 1.807) is 16.8 Å². The Kier molecular flexibility index (Phi) is 5.22. The van der Waals surface area contributed by atoms with Crippen molar-refractivity contribution in [3.63, 3.8) is 0 Å².